The Morgan fingerprint density at radius 3 is 2.71 bits per heavy atom. The molecule has 0 aliphatic heterocycles. The number of hydrogen-bond acceptors (Lipinski definition) is 3. The van der Waals surface area contributed by atoms with Gasteiger partial charge in [0, 0.05) is 10.0 Å². The number of rotatable bonds is 2. The Morgan fingerprint density at radius 1 is 1.41 bits per heavy atom. The van der Waals surface area contributed by atoms with Crippen LogP contribution in [0.25, 0.3) is 11.3 Å². The number of aromatic carboxylic acids is 1. The van der Waals surface area contributed by atoms with Gasteiger partial charge in [0.2, 0.25) is 0 Å². The molecule has 0 aliphatic carbocycles. The quantitative estimate of drug-likeness (QED) is 0.795. The van der Waals surface area contributed by atoms with Crippen LogP contribution in [0.2, 0.25) is 0 Å². The Kier molecular flexibility index (Phi) is 2.89. The zero-order chi connectivity index (χ0) is 12.6. The highest BCUT2D eigenvalue weighted by Crippen LogP contribution is 2.34. The molecule has 0 radical (unpaired) electrons. The molecular formula is C11H9BrN2O3. The number of aromatic hydroxyl groups is 1. The molecule has 1 heterocycles. The smallest absolute Gasteiger partial charge is 0.353 e. The minimum absolute atomic E-state index is 0.0166. The highest BCUT2D eigenvalue weighted by molar-refractivity contribution is 9.10. The second-order valence-corrected chi connectivity index (χ2v) is 4.51. The van der Waals surface area contributed by atoms with Gasteiger partial charge >= 0.3 is 5.97 Å². The number of H-pyrrole nitrogens is 1. The van der Waals surface area contributed by atoms with Crippen molar-refractivity contribution in [3.63, 3.8) is 0 Å². The summed E-state index contributed by atoms with van der Waals surface area (Å²) >= 11 is 3.31. The number of nitrogens with zero attached hydrogens (tertiary/aromatic N) is 1. The molecule has 6 heteroatoms. The van der Waals surface area contributed by atoms with Gasteiger partial charge in [0.25, 0.3) is 0 Å². The molecular weight excluding hydrogens is 288 g/mol. The molecule has 0 spiro atoms. The van der Waals surface area contributed by atoms with E-state index in [-0.39, 0.29) is 11.4 Å². The number of halogens is 1. The highest BCUT2D eigenvalue weighted by atomic mass is 79.9. The third kappa shape index (κ3) is 2.16. The van der Waals surface area contributed by atoms with Crippen LogP contribution in [-0.4, -0.2) is 26.4 Å². The maximum Gasteiger partial charge on any atom is 0.353 e. The minimum atomic E-state index is -1.09. The average molecular weight is 297 g/mol. The molecule has 3 N–H and O–H groups in total. The summed E-state index contributed by atoms with van der Waals surface area (Å²) in [7, 11) is 0. The second-order valence-electron chi connectivity index (χ2n) is 3.59. The molecule has 2 aromatic rings. The zero-order valence-electron chi connectivity index (χ0n) is 8.86. The summed E-state index contributed by atoms with van der Waals surface area (Å²) in [6, 6.07) is 4.83. The molecule has 5 nitrogen and oxygen atoms in total. The predicted octanol–water partition coefficient (Wildman–Crippen LogP) is 2.55. The summed E-state index contributed by atoms with van der Waals surface area (Å²) in [5.41, 5.74) is 1.55. The third-order valence-corrected chi connectivity index (χ3v) is 2.81. The van der Waals surface area contributed by atoms with Gasteiger partial charge in [-0.05, 0) is 30.7 Å². The van der Waals surface area contributed by atoms with E-state index in [0.717, 1.165) is 4.47 Å². The normalized spacial score (nSPS) is 10.5. The van der Waals surface area contributed by atoms with Crippen LogP contribution < -0.4 is 0 Å². The number of carboxylic acids is 1. The van der Waals surface area contributed by atoms with Crippen molar-refractivity contribution in [3.05, 3.63) is 33.9 Å². The SMILES string of the molecule is Cc1cc(Br)cc(-c2cc(C(=O)O)[nH]n2)c1O. The summed E-state index contributed by atoms with van der Waals surface area (Å²) in [6.45, 7) is 1.76. The lowest BCUT2D eigenvalue weighted by Gasteiger charge is -2.05. The van der Waals surface area contributed by atoms with Crippen LogP contribution in [0.1, 0.15) is 16.1 Å². The van der Waals surface area contributed by atoms with Crippen molar-refractivity contribution in [2.24, 2.45) is 0 Å². The summed E-state index contributed by atoms with van der Waals surface area (Å²) in [5, 5.41) is 24.9. The number of phenols is 1. The highest BCUT2D eigenvalue weighted by Gasteiger charge is 2.14. The maximum atomic E-state index is 10.7. The Balaban J connectivity index is 2.56. The number of aryl methyl sites for hydroxylation is 1. The summed E-state index contributed by atoms with van der Waals surface area (Å²) < 4.78 is 0.794. The first kappa shape index (κ1) is 11.7. The van der Waals surface area contributed by atoms with E-state index in [0.29, 0.717) is 16.8 Å². The lowest BCUT2D eigenvalue weighted by Crippen LogP contribution is -1.95. The molecule has 1 aromatic heterocycles. The average Bonchev–Trinajstić information content (AvgIpc) is 2.72. The van der Waals surface area contributed by atoms with Gasteiger partial charge < -0.3 is 10.2 Å². The van der Waals surface area contributed by atoms with Crippen LogP contribution in [0.5, 0.6) is 5.75 Å². The van der Waals surface area contributed by atoms with E-state index in [1.807, 2.05) is 0 Å². The van der Waals surface area contributed by atoms with Crippen LogP contribution in [0.4, 0.5) is 0 Å². The van der Waals surface area contributed by atoms with Gasteiger partial charge in [-0.25, -0.2) is 4.79 Å². The first-order valence-electron chi connectivity index (χ1n) is 4.77. The predicted molar refractivity (Wildman–Crippen MR) is 65.1 cm³/mol. The summed E-state index contributed by atoms with van der Waals surface area (Å²) in [6.07, 6.45) is 0. The van der Waals surface area contributed by atoms with Crippen LogP contribution in [0.3, 0.4) is 0 Å². The Morgan fingerprint density at radius 2 is 2.12 bits per heavy atom. The van der Waals surface area contributed by atoms with Crippen LogP contribution >= 0.6 is 15.9 Å². The molecule has 0 atom stereocenters. The fraction of sp³-hybridized carbons (Fsp3) is 0.0909. The zero-order valence-corrected chi connectivity index (χ0v) is 10.4. The van der Waals surface area contributed by atoms with E-state index in [2.05, 4.69) is 26.1 Å². The second kappa shape index (κ2) is 4.21. The molecule has 0 unspecified atom stereocenters. The van der Waals surface area contributed by atoms with E-state index < -0.39 is 5.97 Å². The molecule has 17 heavy (non-hydrogen) atoms. The molecule has 1 aromatic carbocycles. The Labute approximate surface area is 105 Å². The van der Waals surface area contributed by atoms with E-state index in [9.17, 15) is 9.90 Å². The first-order valence-corrected chi connectivity index (χ1v) is 5.56. The van der Waals surface area contributed by atoms with Crippen molar-refractivity contribution in [2.75, 3.05) is 0 Å². The number of phenolic OH excluding ortho intramolecular Hbond substituents is 1. The van der Waals surface area contributed by atoms with Crippen molar-refractivity contribution >= 4 is 21.9 Å². The van der Waals surface area contributed by atoms with Crippen molar-refractivity contribution in [2.45, 2.75) is 6.92 Å². The number of benzene rings is 1. The minimum Gasteiger partial charge on any atom is -0.507 e. The lowest BCUT2D eigenvalue weighted by atomic mass is 10.1. The number of carboxylic acid groups (broad SMARTS) is 1. The van der Waals surface area contributed by atoms with E-state index in [1.165, 1.54) is 6.07 Å². The van der Waals surface area contributed by atoms with Gasteiger partial charge in [0.1, 0.15) is 11.4 Å². The number of nitrogens with one attached hydrogen (secondary N) is 1. The molecule has 0 saturated carbocycles. The van der Waals surface area contributed by atoms with Crippen LogP contribution in [0.15, 0.2) is 22.7 Å². The largest absolute Gasteiger partial charge is 0.507 e. The number of aromatic amines is 1. The van der Waals surface area contributed by atoms with Crippen molar-refractivity contribution in [1.29, 1.82) is 0 Å². The van der Waals surface area contributed by atoms with Gasteiger partial charge in [-0.3, -0.25) is 5.10 Å². The number of aromatic nitrogens is 2. The Hall–Kier alpha value is -1.82. The molecule has 88 valence electrons. The van der Waals surface area contributed by atoms with E-state index >= 15 is 0 Å². The summed E-state index contributed by atoms with van der Waals surface area (Å²) in [4.78, 5) is 10.7. The van der Waals surface area contributed by atoms with Gasteiger partial charge in [-0.1, -0.05) is 15.9 Å². The fourth-order valence-electron chi connectivity index (χ4n) is 1.50. The summed E-state index contributed by atoms with van der Waals surface area (Å²) in [5.74, 6) is -0.994. The standard InChI is InChI=1S/C11H9BrN2O3/c1-5-2-6(12)3-7(10(5)15)8-4-9(11(16)17)14-13-8/h2-4,15H,1H3,(H,13,14)(H,16,17). The van der Waals surface area contributed by atoms with Crippen molar-refractivity contribution < 1.29 is 15.0 Å². The van der Waals surface area contributed by atoms with E-state index in [1.54, 1.807) is 19.1 Å². The van der Waals surface area contributed by atoms with Gasteiger partial charge in [0.05, 0.1) is 5.69 Å². The Bertz CT molecular complexity index is 592. The molecule has 0 bridgehead atoms. The monoisotopic (exact) mass is 296 g/mol. The van der Waals surface area contributed by atoms with Crippen molar-refractivity contribution in [3.8, 4) is 17.0 Å². The van der Waals surface area contributed by atoms with E-state index in [4.69, 9.17) is 5.11 Å². The molecule has 0 aliphatic rings. The molecule has 0 fully saturated rings. The topological polar surface area (TPSA) is 86.2 Å². The van der Waals surface area contributed by atoms with Gasteiger partial charge in [-0.15, -0.1) is 0 Å². The lowest BCUT2D eigenvalue weighted by molar-refractivity contribution is 0.0690. The van der Waals surface area contributed by atoms with Gasteiger partial charge in [0.15, 0.2) is 0 Å². The molecule has 0 saturated heterocycles. The number of carbonyl (C=O) groups is 1. The third-order valence-electron chi connectivity index (χ3n) is 2.35. The molecule has 0 amide bonds. The van der Waals surface area contributed by atoms with Crippen LogP contribution in [-0.2, 0) is 0 Å². The van der Waals surface area contributed by atoms with Crippen molar-refractivity contribution in [1.82, 2.24) is 10.2 Å². The number of hydrogen-bond donors (Lipinski definition) is 3. The first-order chi connectivity index (χ1) is 7.99. The fourth-order valence-corrected chi connectivity index (χ4v) is 2.07. The molecule has 2 rings (SSSR count). The maximum absolute atomic E-state index is 10.7. The van der Waals surface area contributed by atoms with Gasteiger partial charge in [-0.2, -0.15) is 5.10 Å². The van der Waals surface area contributed by atoms with Crippen LogP contribution in [0, 0.1) is 6.92 Å².